The summed E-state index contributed by atoms with van der Waals surface area (Å²) in [6.45, 7) is 5.81. The lowest BCUT2D eigenvalue weighted by atomic mass is 9.79. The van der Waals surface area contributed by atoms with Crippen LogP contribution in [0.15, 0.2) is 41.3 Å². The predicted molar refractivity (Wildman–Crippen MR) is 147 cm³/mol. The van der Waals surface area contributed by atoms with Gasteiger partial charge in [-0.15, -0.1) is 11.8 Å². The first-order valence-corrected chi connectivity index (χ1v) is 14.0. The summed E-state index contributed by atoms with van der Waals surface area (Å²) in [4.78, 5) is 34.9. The molecule has 1 saturated heterocycles. The minimum absolute atomic E-state index is 0.0925. The molecule has 2 aromatic carbocycles. The van der Waals surface area contributed by atoms with Gasteiger partial charge in [-0.1, -0.05) is 12.1 Å². The van der Waals surface area contributed by atoms with Crippen molar-refractivity contribution in [3.05, 3.63) is 53.1 Å². The Balaban J connectivity index is 1.61. The molecule has 0 bridgehead atoms. The Morgan fingerprint density at radius 3 is 2.30 bits per heavy atom. The van der Waals surface area contributed by atoms with Crippen LogP contribution < -0.4 is 14.8 Å². The number of rotatable bonds is 9. The van der Waals surface area contributed by atoms with Crippen LogP contribution >= 0.6 is 11.8 Å². The number of carbonyl (C=O) groups is 2. The number of fused-ring (bicyclic) bond motifs is 1. The van der Waals surface area contributed by atoms with Crippen molar-refractivity contribution < 1.29 is 19.1 Å². The van der Waals surface area contributed by atoms with Gasteiger partial charge in [0, 0.05) is 50.2 Å². The number of nitrogens with one attached hydrogen (secondary N) is 1. The van der Waals surface area contributed by atoms with Crippen molar-refractivity contribution in [1.82, 2.24) is 20.0 Å². The van der Waals surface area contributed by atoms with Crippen molar-refractivity contribution in [2.24, 2.45) is 0 Å². The Morgan fingerprint density at radius 1 is 1.03 bits per heavy atom. The summed E-state index contributed by atoms with van der Waals surface area (Å²) in [5.74, 6) is 0.153. The van der Waals surface area contributed by atoms with Gasteiger partial charge in [0.25, 0.3) is 5.91 Å². The number of amides is 2. The van der Waals surface area contributed by atoms with Crippen LogP contribution in [0.5, 0.6) is 11.5 Å². The molecule has 37 heavy (non-hydrogen) atoms. The molecule has 0 spiro atoms. The topological polar surface area (TPSA) is 74.4 Å². The average molecular weight is 527 g/mol. The highest BCUT2D eigenvalue weighted by Crippen LogP contribution is 2.45. The van der Waals surface area contributed by atoms with Crippen molar-refractivity contribution in [3.63, 3.8) is 0 Å². The molecule has 2 amide bonds. The lowest BCUT2D eigenvalue weighted by Crippen LogP contribution is -2.47. The third kappa shape index (κ3) is 5.89. The van der Waals surface area contributed by atoms with Gasteiger partial charge in [0.1, 0.15) is 0 Å². The molecule has 2 aliphatic heterocycles. The number of hydrogen-bond donors (Lipinski definition) is 1. The fourth-order valence-electron chi connectivity index (χ4n) is 5.24. The maximum atomic E-state index is 13.8. The molecule has 9 heteroatoms. The second-order valence-electron chi connectivity index (χ2n) is 9.70. The van der Waals surface area contributed by atoms with Crippen LogP contribution in [0.1, 0.15) is 39.9 Å². The van der Waals surface area contributed by atoms with E-state index in [4.69, 9.17) is 9.47 Å². The molecular formula is C28H38N4O4S. The SMILES string of the molecule is COc1cc2c(cc1OC)[C@H](C(=O)NCCCN1CCN(C)CC1)[C@@H](c1ccc(SC)cc1)N(C)C2=O. The molecule has 8 nitrogen and oxygen atoms in total. The number of nitrogens with zero attached hydrogens (tertiary/aromatic N) is 3. The molecular weight excluding hydrogens is 488 g/mol. The van der Waals surface area contributed by atoms with Gasteiger partial charge in [0.05, 0.1) is 26.2 Å². The van der Waals surface area contributed by atoms with Crippen LogP contribution in [-0.2, 0) is 4.79 Å². The van der Waals surface area contributed by atoms with E-state index in [0.717, 1.165) is 49.6 Å². The number of ether oxygens (including phenoxy) is 2. The molecule has 200 valence electrons. The first kappa shape index (κ1) is 27.3. The van der Waals surface area contributed by atoms with Crippen LogP contribution in [0.3, 0.4) is 0 Å². The van der Waals surface area contributed by atoms with E-state index < -0.39 is 12.0 Å². The molecule has 4 rings (SSSR count). The van der Waals surface area contributed by atoms with Gasteiger partial charge in [-0.3, -0.25) is 9.59 Å². The van der Waals surface area contributed by atoms with E-state index >= 15 is 0 Å². The molecule has 0 aromatic heterocycles. The number of thioether (sulfide) groups is 1. The van der Waals surface area contributed by atoms with Gasteiger partial charge in [-0.2, -0.15) is 0 Å². The van der Waals surface area contributed by atoms with Crippen molar-refractivity contribution in [2.75, 3.05) is 73.8 Å². The van der Waals surface area contributed by atoms with Crippen molar-refractivity contribution in [3.8, 4) is 11.5 Å². The van der Waals surface area contributed by atoms with E-state index in [0.29, 0.717) is 29.2 Å². The third-order valence-electron chi connectivity index (χ3n) is 7.46. The highest BCUT2D eigenvalue weighted by atomic mass is 32.2. The zero-order valence-corrected chi connectivity index (χ0v) is 23.3. The van der Waals surface area contributed by atoms with E-state index in [9.17, 15) is 9.59 Å². The van der Waals surface area contributed by atoms with E-state index in [-0.39, 0.29) is 11.8 Å². The summed E-state index contributed by atoms with van der Waals surface area (Å²) < 4.78 is 11.0. The summed E-state index contributed by atoms with van der Waals surface area (Å²) in [7, 11) is 7.02. The number of piperazine rings is 1. The molecule has 0 radical (unpaired) electrons. The smallest absolute Gasteiger partial charge is 0.254 e. The molecule has 0 aliphatic carbocycles. The van der Waals surface area contributed by atoms with E-state index in [2.05, 4.69) is 22.2 Å². The first-order chi connectivity index (χ1) is 17.9. The Labute approximate surface area is 224 Å². The fourth-order valence-corrected chi connectivity index (χ4v) is 5.65. The first-order valence-electron chi connectivity index (χ1n) is 12.7. The number of likely N-dealkylation sites (N-methyl/N-ethyl adjacent to an activating group) is 2. The molecule has 2 atom stereocenters. The van der Waals surface area contributed by atoms with E-state index in [1.807, 2.05) is 30.5 Å². The second kappa shape index (κ2) is 12.2. The normalized spacial score (nSPS) is 20.5. The van der Waals surface area contributed by atoms with E-state index in [1.54, 1.807) is 50.1 Å². The zero-order valence-electron chi connectivity index (χ0n) is 22.5. The Kier molecular flexibility index (Phi) is 9.00. The van der Waals surface area contributed by atoms with Crippen LogP contribution in [0.2, 0.25) is 0 Å². The summed E-state index contributed by atoms with van der Waals surface area (Å²) >= 11 is 1.66. The second-order valence-corrected chi connectivity index (χ2v) is 10.6. The summed E-state index contributed by atoms with van der Waals surface area (Å²) in [6.07, 6.45) is 2.91. The van der Waals surface area contributed by atoms with Crippen LogP contribution in [-0.4, -0.2) is 100 Å². The van der Waals surface area contributed by atoms with E-state index in [1.165, 1.54) is 0 Å². The molecule has 2 aromatic rings. The molecule has 1 fully saturated rings. The average Bonchev–Trinajstić information content (AvgIpc) is 2.93. The summed E-state index contributed by atoms with van der Waals surface area (Å²) in [5.41, 5.74) is 2.05. The van der Waals surface area contributed by atoms with Crippen molar-refractivity contribution in [2.45, 2.75) is 23.3 Å². The number of carbonyl (C=O) groups excluding carboxylic acids is 2. The molecule has 0 saturated carbocycles. The van der Waals surface area contributed by atoms with Crippen LogP contribution in [0.4, 0.5) is 0 Å². The lowest BCUT2D eigenvalue weighted by Gasteiger charge is -2.40. The minimum Gasteiger partial charge on any atom is -0.493 e. The van der Waals surface area contributed by atoms with Crippen molar-refractivity contribution in [1.29, 1.82) is 0 Å². The Morgan fingerprint density at radius 2 is 1.68 bits per heavy atom. The fraction of sp³-hybridized carbons (Fsp3) is 0.500. The number of methoxy groups -OCH3 is 2. The monoisotopic (exact) mass is 526 g/mol. The predicted octanol–water partition coefficient (Wildman–Crippen LogP) is 3.09. The molecule has 2 aliphatic rings. The maximum Gasteiger partial charge on any atom is 0.254 e. The van der Waals surface area contributed by atoms with Gasteiger partial charge < -0.3 is 29.5 Å². The quantitative estimate of drug-likeness (QED) is 0.398. The van der Waals surface area contributed by atoms with Gasteiger partial charge in [-0.25, -0.2) is 0 Å². The maximum absolute atomic E-state index is 13.8. The highest BCUT2D eigenvalue weighted by molar-refractivity contribution is 7.98. The molecule has 0 unspecified atom stereocenters. The Bertz CT molecular complexity index is 1100. The van der Waals surface area contributed by atoms with Crippen molar-refractivity contribution >= 4 is 23.6 Å². The van der Waals surface area contributed by atoms with Gasteiger partial charge >= 0.3 is 0 Å². The van der Waals surface area contributed by atoms with Crippen LogP contribution in [0.25, 0.3) is 0 Å². The van der Waals surface area contributed by atoms with Gasteiger partial charge in [0.2, 0.25) is 5.91 Å². The highest BCUT2D eigenvalue weighted by Gasteiger charge is 2.43. The summed E-state index contributed by atoms with van der Waals surface area (Å²) in [6, 6.07) is 11.1. The Hall–Kier alpha value is -2.75. The van der Waals surface area contributed by atoms with Gasteiger partial charge in [0.15, 0.2) is 11.5 Å². The number of benzene rings is 2. The largest absolute Gasteiger partial charge is 0.493 e. The summed E-state index contributed by atoms with van der Waals surface area (Å²) in [5, 5.41) is 3.18. The minimum atomic E-state index is -0.582. The zero-order chi connectivity index (χ0) is 26.5. The standard InChI is InChI=1S/C28H38N4O4S/c1-30-13-15-32(16-14-30)12-6-11-29-27(33)25-21-17-23(35-3)24(36-4)18-22(21)28(34)31(2)26(25)19-7-9-20(37-5)10-8-19/h7-10,17-18,25-26H,6,11-16H2,1-5H3,(H,29,33)/t25-,26+/m0/s1. The van der Waals surface area contributed by atoms with Crippen LogP contribution in [0, 0.1) is 0 Å². The molecule has 1 N–H and O–H groups in total. The van der Waals surface area contributed by atoms with Gasteiger partial charge in [-0.05, 0) is 61.7 Å². The molecule has 2 heterocycles. The third-order valence-corrected chi connectivity index (χ3v) is 8.20. The lowest BCUT2D eigenvalue weighted by molar-refractivity contribution is -0.124. The number of hydrogen-bond acceptors (Lipinski definition) is 7.